The molecule has 1 aliphatic rings. The zero-order valence-corrected chi connectivity index (χ0v) is 9.67. The molecule has 1 aliphatic heterocycles. The highest BCUT2D eigenvalue weighted by molar-refractivity contribution is 9.10. The van der Waals surface area contributed by atoms with E-state index in [0.717, 1.165) is 35.5 Å². The molecule has 1 aromatic heterocycles. The van der Waals surface area contributed by atoms with Crippen molar-refractivity contribution in [1.29, 1.82) is 0 Å². The number of pyridine rings is 1. The van der Waals surface area contributed by atoms with Crippen LogP contribution in [-0.4, -0.2) is 24.2 Å². The summed E-state index contributed by atoms with van der Waals surface area (Å²) in [6.45, 7) is 3.70. The molecule has 0 bridgehead atoms. The van der Waals surface area contributed by atoms with Gasteiger partial charge in [-0.25, -0.2) is 4.98 Å². The summed E-state index contributed by atoms with van der Waals surface area (Å²) in [5, 5.41) is 3.40. The summed E-state index contributed by atoms with van der Waals surface area (Å²) in [5.74, 6) is 0. The van der Waals surface area contributed by atoms with Crippen LogP contribution in [0.15, 0.2) is 16.9 Å². The van der Waals surface area contributed by atoms with Gasteiger partial charge in [0.2, 0.25) is 0 Å². The maximum absolute atomic E-state index is 5.29. The van der Waals surface area contributed by atoms with Crippen LogP contribution in [0.4, 0.5) is 5.69 Å². The molecule has 0 amide bonds. The summed E-state index contributed by atoms with van der Waals surface area (Å²) in [6, 6.07) is 2.53. The normalized spacial score (nSPS) is 21.1. The second kappa shape index (κ2) is 4.28. The third-order valence-corrected chi connectivity index (χ3v) is 3.15. The Kier molecular flexibility index (Phi) is 3.03. The van der Waals surface area contributed by atoms with Crippen molar-refractivity contribution in [3.05, 3.63) is 22.4 Å². The van der Waals surface area contributed by atoms with E-state index in [1.807, 2.05) is 13.1 Å². The number of ether oxygens (including phenoxy) is 1. The number of aromatic nitrogens is 1. The number of aryl methyl sites for hydroxylation is 1. The van der Waals surface area contributed by atoms with Crippen LogP contribution in [-0.2, 0) is 4.74 Å². The molecule has 0 saturated carbocycles. The average molecular weight is 257 g/mol. The second-order valence-electron chi connectivity index (χ2n) is 3.54. The van der Waals surface area contributed by atoms with Crippen molar-refractivity contribution < 1.29 is 4.74 Å². The van der Waals surface area contributed by atoms with E-state index in [2.05, 4.69) is 32.3 Å². The Morgan fingerprint density at radius 1 is 1.64 bits per heavy atom. The number of nitrogens with zero attached hydrogens (tertiary/aromatic N) is 1. The van der Waals surface area contributed by atoms with E-state index in [4.69, 9.17) is 4.74 Å². The van der Waals surface area contributed by atoms with Crippen molar-refractivity contribution in [2.45, 2.75) is 19.4 Å². The minimum atomic E-state index is 0.442. The predicted octanol–water partition coefficient (Wildman–Crippen LogP) is 2.35. The van der Waals surface area contributed by atoms with Gasteiger partial charge in [-0.05, 0) is 40.9 Å². The third-order valence-electron chi connectivity index (χ3n) is 2.31. The zero-order chi connectivity index (χ0) is 9.97. The summed E-state index contributed by atoms with van der Waals surface area (Å²) >= 11 is 3.38. The molecule has 1 fully saturated rings. The number of anilines is 1. The quantitative estimate of drug-likeness (QED) is 0.826. The summed E-state index contributed by atoms with van der Waals surface area (Å²) < 4.78 is 6.20. The highest BCUT2D eigenvalue weighted by Gasteiger charge is 2.15. The fourth-order valence-electron chi connectivity index (χ4n) is 1.52. The first-order valence-corrected chi connectivity index (χ1v) is 5.51. The van der Waals surface area contributed by atoms with Gasteiger partial charge in [0.25, 0.3) is 0 Å². The lowest BCUT2D eigenvalue weighted by Gasteiger charge is -2.12. The Bertz CT molecular complexity index is 324. The molecule has 1 aromatic rings. The standard InChI is InChI=1S/C10H13BrN2O/c1-7-4-9(5-12-10(7)11)13-8-2-3-14-6-8/h4-5,8,13H,2-3,6H2,1H3. The Morgan fingerprint density at radius 3 is 3.14 bits per heavy atom. The van der Waals surface area contributed by atoms with Crippen LogP contribution in [0.5, 0.6) is 0 Å². The maximum atomic E-state index is 5.29. The zero-order valence-electron chi connectivity index (χ0n) is 8.09. The molecule has 76 valence electrons. The third kappa shape index (κ3) is 2.25. The molecule has 0 spiro atoms. The Labute approximate surface area is 92.0 Å². The lowest BCUT2D eigenvalue weighted by atomic mass is 10.2. The van der Waals surface area contributed by atoms with Crippen molar-refractivity contribution in [1.82, 2.24) is 4.98 Å². The van der Waals surface area contributed by atoms with Crippen LogP contribution in [0.1, 0.15) is 12.0 Å². The summed E-state index contributed by atoms with van der Waals surface area (Å²) in [4.78, 5) is 4.23. The van der Waals surface area contributed by atoms with Gasteiger partial charge in [0.15, 0.2) is 0 Å². The minimum Gasteiger partial charge on any atom is -0.379 e. The smallest absolute Gasteiger partial charge is 0.109 e. The Hall–Kier alpha value is -0.610. The summed E-state index contributed by atoms with van der Waals surface area (Å²) in [7, 11) is 0. The molecule has 0 aromatic carbocycles. The molecule has 3 nitrogen and oxygen atoms in total. The number of halogens is 1. The van der Waals surface area contributed by atoms with E-state index in [1.54, 1.807) is 0 Å². The SMILES string of the molecule is Cc1cc(NC2CCOC2)cnc1Br. The van der Waals surface area contributed by atoms with E-state index in [9.17, 15) is 0 Å². The second-order valence-corrected chi connectivity index (χ2v) is 4.29. The molecule has 1 saturated heterocycles. The van der Waals surface area contributed by atoms with Crippen molar-refractivity contribution in [3.8, 4) is 0 Å². The Balaban J connectivity index is 2.05. The van der Waals surface area contributed by atoms with Gasteiger partial charge in [0, 0.05) is 6.61 Å². The first-order valence-electron chi connectivity index (χ1n) is 4.72. The van der Waals surface area contributed by atoms with Gasteiger partial charge in [0.1, 0.15) is 4.60 Å². The van der Waals surface area contributed by atoms with Gasteiger partial charge < -0.3 is 10.1 Å². The number of rotatable bonds is 2. The molecular weight excluding hydrogens is 244 g/mol. The van der Waals surface area contributed by atoms with Crippen molar-refractivity contribution in [2.75, 3.05) is 18.5 Å². The topological polar surface area (TPSA) is 34.1 Å². The monoisotopic (exact) mass is 256 g/mol. The Morgan fingerprint density at radius 2 is 2.50 bits per heavy atom. The van der Waals surface area contributed by atoms with Crippen molar-refractivity contribution in [2.24, 2.45) is 0 Å². The summed E-state index contributed by atoms with van der Waals surface area (Å²) in [6.07, 6.45) is 2.92. The summed E-state index contributed by atoms with van der Waals surface area (Å²) in [5.41, 5.74) is 2.22. The van der Waals surface area contributed by atoms with E-state index in [0.29, 0.717) is 6.04 Å². The molecule has 4 heteroatoms. The molecule has 2 rings (SSSR count). The molecule has 1 N–H and O–H groups in total. The minimum absolute atomic E-state index is 0.442. The van der Waals surface area contributed by atoms with Crippen LogP contribution in [0.2, 0.25) is 0 Å². The number of hydrogen-bond donors (Lipinski definition) is 1. The molecule has 1 atom stereocenters. The average Bonchev–Trinajstić information content (AvgIpc) is 2.64. The van der Waals surface area contributed by atoms with Gasteiger partial charge in [-0.3, -0.25) is 0 Å². The first-order chi connectivity index (χ1) is 6.75. The molecular formula is C10H13BrN2O. The number of nitrogens with one attached hydrogen (secondary N) is 1. The van der Waals surface area contributed by atoms with Gasteiger partial charge in [-0.2, -0.15) is 0 Å². The van der Waals surface area contributed by atoms with E-state index in [1.165, 1.54) is 0 Å². The van der Waals surface area contributed by atoms with E-state index >= 15 is 0 Å². The van der Waals surface area contributed by atoms with Crippen molar-refractivity contribution in [3.63, 3.8) is 0 Å². The van der Waals surface area contributed by atoms with Gasteiger partial charge >= 0.3 is 0 Å². The van der Waals surface area contributed by atoms with Gasteiger partial charge in [0.05, 0.1) is 24.5 Å². The van der Waals surface area contributed by atoms with Gasteiger partial charge in [-0.15, -0.1) is 0 Å². The van der Waals surface area contributed by atoms with E-state index < -0.39 is 0 Å². The first kappa shape index (κ1) is 9.93. The maximum Gasteiger partial charge on any atom is 0.109 e. The van der Waals surface area contributed by atoms with Crippen LogP contribution < -0.4 is 5.32 Å². The molecule has 0 aliphatic carbocycles. The molecule has 0 radical (unpaired) electrons. The predicted molar refractivity (Wildman–Crippen MR) is 59.5 cm³/mol. The highest BCUT2D eigenvalue weighted by Crippen LogP contribution is 2.18. The molecule has 14 heavy (non-hydrogen) atoms. The lowest BCUT2D eigenvalue weighted by molar-refractivity contribution is 0.195. The largest absolute Gasteiger partial charge is 0.379 e. The van der Waals surface area contributed by atoms with Crippen LogP contribution in [0.25, 0.3) is 0 Å². The van der Waals surface area contributed by atoms with Crippen LogP contribution >= 0.6 is 15.9 Å². The van der Waals surface area contributed by atoms with Crippen LogP contribution in [0, 0.1) is 6.92 Å². The van der Waals surface area contributed by atoms with E-state index in [-0.39, 0.29) is 0 Å². The highest BCUT2D eigenvalue weighted by atomic mass is 79.9. The lowest BCUT2D eigenvalue weighted by Crippen LogP contribution is -2.18. The fourth-order valence-corrected chi connectivity index (χ4v) is 1.74. The van der Waals surface area contributed by atoms with Gasteiger partial charge in [-0.1, -0.05) is 0 Å². The molecule has 1 unspecified atom stereocenters. The fraction of sp³-hybridized carbons (Fsp3) is 0.500. The van der Waals surface area contributed by atoms with Crippen molar-refractivity contribution >= 4 is 21.6 Å². The number of hydrogen-bond acceptors (Lipinski definition) is 3. The molecule has 2 heterocycles. The van der Waals surface area contributed by atoms with Crippen LogP contribution in [0.3, 0.4) is 0 Å².